The van der Waals surface area contributed by atoms with Crippen LogP contribution in [0.15, 0.2) is 24.3 Å². The van der Waals surface area contributed by atoms with Crippen LogP contribution in [0.5, 0.6) is 0 Å². The van der Waals surface area contributed by atoms with Crippen molar-refractivity contribution in [1.29, 1.82) is 0 Å². The predicted molar refractivity (Wildman–Crippen MR) is 75.9 cm³/mol. The molecule has 0 radical (unpaired) electrons. The van der Waals surface area contributed by atoms with E-state index in [2.05, 4.69) is 16.6 Å². The predicted octanol–water partition coefficient (Wildman–Crippen LogP) is 0.629. The van der Waals surface area contributed by atoms with Gasteiger partial charge in [-0.15, -0.1) is 6.42 Å². The van der Waals surface area contributed by atoms with Crippen LogP contribution in [0.3, 0.4) is 0 Å². The number of hydrogen-bond donors (Lipinski definition) is 3. The smallest absolute Gasteiger partial charge is 0.230 e. The van der Waals surface area contributed by atoms with Crippen LogP contribution in [-0.2, 0) is 9.59 Å². The van der Waals surface area contributed by atoms with E-state index in [1.54, 1.807) is 24.3 Å². The summed E-state index contributed by atoms with van der Waals surface area (Å²) in [6.07, 6.45) is 3.79. The number of benzene rings is 1. The molecule has 106 valence electrons. The van der Waals surface area contributed by atoms with Crippen LogP contribution in [0.1, 0.15) is 18.1 Å². The van der Waals surface area contributed by atoms with E-state index in [0.717, 1.165) is 0 Å². The van der Waals surface area contributed by atoms with E-state index in [1.807, 2.05) is 0 Å². The maximum absolute atomic E-state index is 11.5. The zero-order valence-corrected chi connectivity index (χ0v) is 11.5. The van der Waals surface area contributed by atoms with Crippen molar-refractivity contribution in [2.75, 3.05) is 13.1 Å². The second kappa shape index (κ2) is 8.20. The third kappa shape index (κ3) is 5.74. The molecule has 5 nitrogen and oxygen atoms in total. The molecule has 0 fully saturated rings. The van der Waals surface area contributed by atoms with Crippen molar-refractivity contribution >= 4 is 23.4 Å². The van der Waals surface area contributed by atoms with Gasteiger partial charge in [-0.2, -0.15) is 0 Å². The molecule has 0 aliphatic heterocycles. The van der Waals surface area contributed by atoms with Gasteiger partial charge in [0.25, 0.3) is 0 Å². The normalized spacial score (nSPS) is 11.2. The number of carbonyl (C=O) groups excluding carboxylic acids is 2. The molecule has 0 saturated carbocycles. The van der Waals surface area contributed by atoms with Gasteiger partial charge in [-0.3, -0.25) is 9.59 Å². The fourth-order valence-corrected chi connectivity index (χ4v) is 1.56. The van der Waals surface area contributed by atoms with E-state index in [1.165, 1.54) is 0 Å². The Kier molecular flexibility index (Phi) is 6.57. The lowest BCUT2D eigenvalue weighted by atomic mass is 10.1. The van der Waals surface area contributed by atoms with E-state index in [9.17, 15) is 14.7 Å². The summed E-state index contributed by atoms with van der Waals surface area (Å²) in [6, 6.07) is 6.63. The zero-order valence-electron chi connectivity index (χ0n) is 10.7. The third-order valence-electron chi connectivity index (χ3n) is 2.46. The zero-order chi connectivity index (χ0) is 15.0. The molecule has 1 unspecified atom stereocenters. The highest BCUT2D eigenvalue weighted by atomic mass is 35.5. The Balaban J connectivity index is 2.35. The maximum Gasteiger partial charge on any atom is 0.230 e. The summed E-state index contributed by atoms with van der Waals surface area (Å²) in [7, 11) is 0. The summed E-state index contributed by atoms with van der Waals surface area (Å²) in [5.74, 6) is 1.30. The van der Waals surface area contributed by atoms with Crippen molar-refractivity contribution in [3.05, 3.63) is 34.9 Å². The number of aliphatic hydroxyl groups excluding tert-OH is 1. The SMILES string of the molecule is C#CCNC(=O)CC(=O)NCC(O)c1ccc(Cl)cc1. The molecule has 0 heterocycles. The monoisotopic (exact) mass is 294 g/mol. The molecule has 0 spiro atoms. The van der Waals surface area contributed by atoms with Crippen LogP contribution in [-0.4, -0.2) is 30.0 Å². The molecule has 0 bridgehead atoms. The Hall–Kier alpha value is -2.03. The number of amides is 2. The van der Waals surface area contributed by atoms with Gasteiger partial charge < -0.3 is 15.7 Å². The number of rotatable bonds is 6. The first-order chi connectivity index (χ1) is 9.52. The highest BCUT2D eigenvalue weighted by Gasteiger charge is 2.12. The fraction of sp³-hybridized carbons (Fsp3) is 0.286. The van der Waals surface area contributed by atoms with Crippen molar-refractivity contribution < 1.29 is 14.7 Å². The molecule has 0 aliphatic carbocycles. The average molecular weight is 295 g/mol. The highest BCUT2D eigenvalue weighted by Crippen LogP contribution is 2.15. The number of aliphatic hydroxyl groups is 1. The van der Waals surface area contributed by atoms with Gasteiger partial charge >= 0.3 is 0 Å². The van der Waals surface area contributed by atoms with Crippen LogP contribution in [0.2, 0.25) is 5.02 Å². The molecule has 0 saturated heterocycles. The van der Waals surface area contributed by atoms with Crippen molar-refractivity contribution in [2.24, 2.45) is 0 Å². The van der Waals surface area contributed by atoms with E-state index < -0.39 is 17.9 Å². The lowest BCUT2D eigenvalue weighted by molar-refractivity contribution is -0.129. The average Bonchev–Trinajstić information content (AvgIpc) is 2.43. The van der Waals surface area contributed by atoms with Crippen LogP contribution >= 0.6 is 11.6 Å². The topological polar surface area (TPSA) is 78.4 Å². The molecule has 0 aromatic heterocycles. The van der Waals surface area contributed by atoms with Gasteiger partial charge in [0.2, 0.25) is 11.8 Å². The van der Waals surface area contributed by atoms with E-state index in [0.29, 0.717) is 10.6 Å². The number of halogens is 1. The Morgan fingerprint density at radius 3 is 2.45 bits per heavy atom. The minimum Gasteiger partial charge on any atom is -0.387 e. The van der Waals surface area contributed by atoms with Gasteiger partial charge in [0, 0.05) is 11.6 Å². The van der Waals surface area contributed by atoms with Crippen LogP contribution < -0.4 is 10.6 Å². The Bertz CT molecular complexity index is 508. The van der Waals surface area contributed by atoms with Crippen molar-refractivity contribution in [3.8, 4) is 12.3 Å². The molecule has 1 aromatic rings. The van der Waals surface area contributed by atoms with E-state index in [4.69, 9.17) is 18.0 Å². The second-order valence-electron chi connectivity index (χ2n) is 4.03. The molecule has 1 atom stereocenters. The lowest BCUT2D eigenvalue weighted by Gasteiger charge is -2.12. The van der Waals surface area contributed by atoms with Gasteiger partial charge in [-0.1, -0.05) is 29.7 Å². The summed E-state index contributed by atoms with van der Waals surface area (Å²) in [6.45, 7) is 0.0996. The van der Waals surface area contributed by atoms with Gasteiger partial charge in [0.15, 0.2) is 0 Å². The fourth-order valence-electron chi connectivity index (χ4n) is 1.43. The van der Waals surface area contributed by atoms with Crippen LogP contribution in [0.4, 0.5) is 0 Å². The Morgan fingerprint density at radius 1 is 1.25 bits per heavy atom. The van der Waals surface area contributed by atoms with Crippen molar-refractivity contribution in [1.82, 2.24) is 10.6 Å². The first kappa shape index (κ1) is 16.0. The standard InChI is InChI=1S/C14H15ClN2O3/c1-2-7-16-13(19)8-14(20)17-9-12(18)10-3-5-11(15)6-4-10/h1,3-6,12,18H,7-9H2,(H,16,19)(H,17,20). The number of nitrogens with one attached hydrogen (secondary N) is 2. The van der Waals surface area contributed by atoms with Crippen molar-refractivity contribution in [2.45, 2.75) is 12.5 Å². The number of hydrogen-bond acceptors (Lipinski definition) is 3. The van der Waals surface area contributed by atoms with Crippen molar-refractivity contribution in [3.63, 3.8) is 0 Å². The van der Waals surface area contributed by atoms with Gasteiger partial charge in [-0.25, -0.2) is 0 Å². The van der Waals surface area contributed by atoms with Crippen LogP contribution in [0.25, 0.3) is 0 Å². The van der Waals surface area contributed by atoms with Crippen LogP contribution in [0, 0.1) is 12.3 Å². The number of terminal acetylenes is 1. The summed E-state index contributed by atoms with van der Waals surface area (Å²) >= 11 is 5.73. The first-order valence-corrected chi connectivity index (χ1v) is 6.31. The van der Waals surface area contributed by atoms with Gasteiger partial charge in [0.05, 0.1) is 12.6 Å². The van der Waals surface area contributed by atoms with E-state index in [-0.39, 0.29) is 19.5 Å². The largest absolute Gasteiger partial charge is 0.387 e. The molecule has 1 aromatic carbocycles. The molecule has 1 rings (SSSR count). The van der Waals surface area contributed by atoms with Gasteiger partial charge in [0.1, 0.15) is 6.42 Å². The Morgan fingerprint density at radius 2 is 1.85 bits per heavy atom. The first-order valence-electron chi connectivity index (χ1n) is 5.93. The number of carbonyl (C=O) groups is 2. The summed E-state index contributed by atoms with van der Waals surface area (Å²) in [5, 5.41) is 15.3. The molecule has 0 aliphatic rings. The summed E-state index contributed by atoms with van der Waals surface area (Å²) in [4.78, 5) is 22.7. The second-order valence-corrected chi connectivity index (χ2v) is 4.47. The molecule has 3 N–H and O–H groups in total. The molecule has 2 amide bonds. The highest BCUT2D eigenvalue weighted by molar-refractivity contribution is 6.30. The van der Waals surface area contributed by atoms with E-state index >= 15 is 0 Å². The lowest BCUT2D eigenvalue weighted by Crippen LogP contribution is -2.34. The Labute approximate surface area is 122 Å². The van der Waals surface area contributed by atoms with Gasteiger partial charge in [-0.05, 0) is 17.7 Å². The summed E-state index contributed by atoms with van der Waals surface area (Å²) < 4.78 is 0. The molecular weight excluding hydrogens is 280 g/mol. The molecule has 20 heavy (non-hydrogen) atoms. The minimum atomic E-state index is -0.856. The minimum absolute atomic E-state index is 0.0168. The molecule has 6 heteroatoms. The summed E-state index contributed by atoms with van der Waals surface area (Å²) in [5.41, 5.74) is 0.631. The molecular formula is C14H15ClN2O3. The quantitative estimate of drug-likeness (QED) is 0.532. The maximum atomic E-state index is 11.5. The third-order valence-corrected chi connectivity index (χ3v) is 2.71.